The van der Waals surface area contributed by atoms with E-state index < -0.39 is 0 Å². The van der Waals surface area contributed by atoms with Crippen molar-refractivity contribution < 1.29 is 0 Å². The monoisotopic (exact) mass is 223 g/mol. The van der Waals surface area contributed by atoms with Crippen LogP contribution in [0.25, 0.3) is 0 Å². The summed E-state index contributed by atoms with van der Waals surface area (Å²) in [4.78, 5) is 0. The quantitative estimate of drug-likeness (QED) is 0.707. The van der Waals surface area contributed by atoms with Crippen LogP contribution in [0.1, 0.15) is 59.8 Å². The number of nitrogens with two attached hydrogens (primary N) is 1. The molecule has 0 aromatic heterocycles. The topological polar surface area (TPSA) is 26.0 Å². The Kier molecular flexibility index (Phi) is 9.31. The summed E-state index contributed by atoms with van der Waals surface area (Å²) in [6, 6.07) is 0.364. The van der Waals surface area contributed by atoms with Gasteiger partial charge in [-0.25, -0.2) is 0 Å². The fourth-order valence-electron chi connectivity index (χ4n) is 1.80. The van der Waals surface area contributed by atoms with E-state index in [1.54, 1.807) is 0 Å². The maximum Gasteiger partial charge on any atom is 0.00105 e. The Hall–Kier alpha value is -0.560. The molecule has 1 heteroatoms. The second kappa shape index (κ2) is 9.65. The van der Waals surface area contributed by atoms with Gasteiger partial charge in [-0.1, -0.05) is 44.6 Å². The molecular formula is C15H29N. The van der Waals surface area contributed by atoms with Crippen molar-refractivity contribution in [2.24, 2.45) is 11.7 Å². The number of allylic oxidation sites excluding steroid dienone is 4. The fraction of sp³-hybridized carbons (Fsp3) is 0.733. The second-order valence-corrected chi connectivity index (χ2v) is 4.62. The van der Waals surface area contributed by atoms with E-state index in [2.05, 4.69) is 32.1 Å². The highest BCUT2D eigenvalue weighted by molar-refractivity contribution is 5.25. The summed E-state index contributed by atoms with van der Waals surface area (Å²) in [7, 11) is 0. The minimum atomic E-state index is 0.364. The van der Waals surface area contributed by atoms with Gasteiger partial charge in [-0.3, -0.25) is 0 Å². The summed E-state index contributed by atoms with van der Waals surface area (Å²) in [6.07, 6.45) is 13.0. The van der Waals surface area contributed by atoms with Gasteiger partial charge in [-0.15, -0.1) is 0 Å². The van der Waals surface area contributed by atoms with Crippen LogP contribution < -0.4 is 5.73 Å². The molecule has 2 N–H and O–H groups in total. The van der Waals surface area contributed by atoms with Crippen LogP contribution in [0.5, 0.6) is 0 Å². The molecule has 1 nitrogen and oxygen atoms in total. The van der Waals surface area contributed by atoms with Gasteiger partial charge >= 0.3 is 0 Å². The standard InChI is InChI=1S/C13H23N.C2H6/c1-11(7-9-12(2)14)8-10-13-5-3-4-6-13;1-2/h3,5-6,11-12H,4,7-10,14H2,1-2H3;1-2H3. The maximum absolute atomic E-state index is 5.74. The molecular weight excluding hydrogens is 194 g/mol. The van der Waals surface area contributed by atoms with Gasteiger partial charge in [0.05, 0.1) is 0 Å². The van der Waals surface area contributed by atoms with E-state index in [0.717, 1.165) is 18.8 Å². The molecule has 0 bridgehead atoms. The van der Waals surface area contributed by atoms with E-state index in [4.69, 9.17) is 5.73 Å². The highest BCUT2D eigenvalue weighted by Crippen LogP contribution is 2.20. The first kappa shape index (κ1) is 15.4. The number of hydrogen-bond acceptors (Lipinski definition) is 1. The van der Waals surface area contributed by atoms with E-state index in [1.807, 2.05) is 13.8 Å². The van der Waals surface area contributed by atoms with Crippen LogP contribution >= 0.6 is 0 Å². The number of rotatable bonds is 6. The molecule has 1 aliphatic rings. The molecule has 0 heterocycles. The summed E-state index contributed by atoms with van der Waals surface area (Å²) < 4.78 is 0. The molecule has 1 aliphatic carbocycles. The van der Waals surface area contributed by atoms with Gasteiger partial charge in [0.2, 0.25) is 0 Å². The van der Waals surface area contributed by atoms with Crippen molar-refractivity contribution in [2.45, 2.75) is 65.8 Å². The largest absolute Gasteiger partial charge is 0.328 e. The van der Waals surface area contributed by atoms with E-state index in [-0.39, 0.29) is 0 Å². The summed E-state index contributed by atoms with van der Waals surface area (Å²) in [5.74, 6) is 0.816. The van der Waals surface area contributed by atoms with Gasteiger partial charge in [-0.05, 0) is 44.9 Å². The summed E-state index contributed by atoms with van der Waals surface area (Å²) in [5, 5.41) is 0. The van der Waals surface area contributed by atoms with Crippen LogP contribution in [-0.4, -0.2) is 6.04 Å². The van der Waals surface area contributed by atoms with Crippen LogP contribution in [0.4, 0.5) is 0 Å². The molecule has 2 atom stereocenters. The van der Waals surface area contributed by atoms with Gasteiger partial charge in [0.1, 0.15) is 0 Å². The second-order valence-electron chi connectivity index (χ2n) is 4.62. The molecule has 0 saturated heterocycles. The Morgan fingerprint density at radius 3 is 2.38 bits per heavy atom. The molecule has 1 rings (SSSR count). The molecule has 2 unspecified atom stereocenters. The molecule has 0 radical (unpaired) electrons. The zero-order chi connectivity index (χ0) is 12.4. The van der Waals surface area contributed by atoms with Crippen molar-refractivity contribution in [1.82, 2.24) is 0 Å². The lowest BCUT2D eigenvalue weighted by atomic mass is 9.95. The SMILES string of the molecule is CC.CC(N)CCC(C)CCC1=CCC=C1. The van der Waals surface area contributed by atoms with Crippen LogP contribution in [-0.2, 0) is 0 Å². The van der Waals surface area contributed by atoms with Crippen LogP contribution in [0.3, 0.4) is 0 Å². The van der Waals surface area contributed by atoms with E-state index in [9.17, 15) is 0 Å². The summed E-state index contributed by atoms with van der Waals surface area (Å²) in [6.45, 7) is 8.43. The zero-order valence-electron chi connectivity index (χ0n) is 11.5. The Morgan fingerprint density at radius 2 is 1.88 bits per heavy atom. The van der Waals surface area contributed by atoms with Crippen molar-refractivity contribution >= 4 is 0 Å². The molecule has 94 valence electrons. The molecule has 0 spiro atoms. The third-order valence-corrected chi connectivity index (χ3v) is 2.89. The highest BCUT2D eigenvalue weighted by Gasteiger charge is 2.05. The van der Waals surface area contributed by atoms with E-state index >= 15 is 0 Å². The minimum absolute atomic E-state index is 0.364. The molecule has 0 aromatic rings. The predicted molar refractivity (Wildman–Crippen MR) is 74.5 cm³/mol. The molecule has 0 amide bonds. The normalized spacial score (nSPS) is 17.4. The number of hydrogen-bond donors (Lipinski definition) is 1. The highest BCUT2D eigenvalue weighted by atomic mass is 14.6. The average molecular weight is 223 g/mol. The Bertz CT molecular complexity index is 213. The molecule has 0 saturated carbocycles. The van der Waals surface area contributed by atoms with Gasteiger partial charge in [0, 0.05) is 6.04 Å². The van der Waals surface area contributed by atoms with Gasteiger partial charge in [-0.2, -0.15) is 0 Å². The van der Waals surface area contributed by atoms with Gasteiger partial charge in [0.25, 0.3) is 0 Å². The van der Waals surface area contributed by atoms with Crippen molar-refractivity contribution in [2.75, 3.05) is 0 Å². The molecule has 16 heavy (non-hydrogen) atoms. The van der Waals surface area contributed by atoms with Crippen LogP contribution in [0.15, 0.2) is 23.8 Å². The lowest BCUT2D eigenvalue weighted by molar-refractivity contribution is 0.453. The first-order valence-electron chi connectivity index (χ1n) is 6.79. The third-order valence-electron chi connectivity index (χ3n) is 2.89. The lowest BCUT2D eigenvalue weighted by Crippen LogP contribution is -2.15. The molecule has 0 fully saturated rings. The Morgan fingerprint density at radius 1 is 1.19 bits per heavy atom. The first-order valence-corrected chi connectivity index (χ1v) is 6.79. The summed E-state index contributed by atoms with van der Waals surface area (Å²) in [5.41, 5.74) is 7.26. The summed E-state index contributed by atoms with van der Waals surface area (Å²) >= 11 is 0. The molecule has 0 aliphatic heterocycles. The fourth-order valence-corrected chi connectivity index (χ4v) is 1.80. The smallest absolute Gasteiger partial charge is 0.00105 e. The first-order chi connectivity index (χ1) is 7.68. The van der Waals surface area contributed by atoms with E-state index in [0.29, 0.717) is 6.04 Å². The van der Waals surface area contributed by atoms with Gasteiger partial charge < -0.3 is 5.73 Å². The Labute approximate surface area is 102 Å². The van der Waals surface area contributed by atoms with Crippen molar-refractivity contribution in [3.05, 3.63) is 23.8 Å². The van der Waals surface area contributed by atoms with E-state index in [1.165, 1.54) is 24.8 Å². The maximum atomic E-state index is 5.74. The van der Waals surface area contributed by atoms with Crippen LogP contribution in [0.2, 0.25) is 0 Å². The third kappa shape index (κ3) is 7.70. The van der Waals surface area contributed by atoms with Crippen molar-refractivity contribution in [3.63, 3.8) is 0 Å². The minimum Gasteiger partial charge on any atom is -0.328 e. The molecule has 0 aromatic carbocycles. The van der Waals surface area contributed by atoms with Crippen molar-refractivity contribution in [1.29, 1.82) is 0 Å². The zero-order valence-corrected chi connectivity index (χ0v) is 11.5. The Balaban J connectivity index is 0.00000106. The van der Waals surface area contributed by atoms with Crippen LogP contribution in [0, 0.1) is 5.92 Å². The van der Waals surface area contributed by atoms with Crippen molar-refractivity contribution in [3.8, 4) is 0 Å². The lowest BCUT2D eigenvalue weighted by Gasteiger charge is -2.12. The average Bonchev–Trinajstić information content (AvgIpc) is 2.79. The predicted octanol–water partition coefficient (Wildman–Crippen LogP) is 4.44. The van der Waals surface area contributed by atoms with Gasteiger partial charge in [0.15, 0.2) is 0 Å².